The van der Waals surface area contributed by atoms with E-state index < -0.39 is 5.41 Å². The van der Waals surface area contributed by atoms with Gasteiger partial charge >= 0.3 is 0 Å². The lowest BCUT2D eigenvalue weighted by Gasteiger charge is -2.29. The van der Waals surface area contributed by atoms with E-state index in [1.54, 1.807) is 11.0 Å². The van der Waals surface area contributed by atoms with E-state index in [9.17, 15) is 9.59 Å². The smallest absolute Gasteiger partial charge is 0.255 e. The van der Waals surface area contributed by atoms with E-state index in [0.717, 1.165) is 58.8 Å². The van der Waals surface area contributed by atoms with Gasteiger partial charge in [-0.3, -0.25) is 19.5 Å². The van der Waals surface area contributed by atoms with Gasteiger partial charge in [0.05, 0.1) is 29.2 Å². The molecule has 7 nitrogen and oxygen atoms in total. The van der Waals surface area contributed by atoms with Gasteiger partial charge in [-0.25, -0.2) is 0 Å². The number of hydrogen-bond acceptors (Lipinski definition) is 5. The van der Waals surface area contributed by atoms with Crippen molar-refractivity contribution in [3.05, 3.63) is 29.0 Å². The lowest BCUT2D eigenvalue weighted by atomic mass is 9.85. The van der Waals surface area contributed by atoms with Gasteiger partial charge in [-0.15, -0.1) is 0 Å². The van der Waals surface area contributed by atoms with Gasteiger partial charge in [0.1, 0.15) is 0 Å². The maximum atomic E-state index is 13.1. The molecule has 0 saturated carbocycles. The number of carbonyl (C=O) groups excluding carboxylic acids is 2. The van der Waals surface area contributed by atoms with Crippen molar-refractivity contribution >= 4 is 23.4 Å². The standard InChI is InChI=1S/C19H25ClN4O3/c20-16-11-15(12-21-13-16)17(25)24-4-2-19(14-24)1-3-23(18(19)26)6-5-22-7-9-27-10-8-22/h11-13H,1-10,14H2. The zero-order chi connectivity index (χ0) is 18.9. The Labute approximate surface area is 164 Å². The average molecular weight is 393 g/mol. The number of hydrogen-bond donors (Lipinski definition) is 0. The van der Waals surface area contributed by atoms with Crippen molar-refractivity contribution in [3.8, 4) is 0 Å². The molecule has 0 N–H and O–H groups in total. The molecule has 1 aromatic heterocycles. The van der Waals surface area contributed by atoms with Gasteiger partial charge in [-0.2, -0.15) is 0 Å². The molecule has 8 heteroatoms. The second-order valence-corrected chi connectivity index (χ2v) is 8.08. The third-order valence-electron chi connectivity index (χ3n) is 5.98. The van der Waals surface area contributed by atoms with Crippen LogP contribution in [0.4, 0.5) is 0 Å². The number of halogens is 1. The van der Waals surface area contributed by atoms with E-state index in [2.05, 4.69) is 9.88 Å². The summed E-state index contributed by atoms with van der Waals surface area (Å²) in [6.45, 7) is 6.94. The van der Waals surface area contributed by atoms with Gasteiger partial charge in [0, 0.05) is 58.2 Å². The second-order valence-electron chi connectivity index (χ2n) is 7.65. The summed E-state index contributed by atoms with van der Waals surface area (Å²) in [5.74, 6) is 0.108. The number of rotatable bonds is 4. The van der Waals surface area contributed by atoms with Crippen LogP contribution in [0.1, 0.15) is 23.2 Å². The van der Waals surface area contributed by atoms with Crippen LogP contribution in [0.2, 0.25) is 5.02 Å². The quantitative estimate of drug-likeness (QED) is 0.768. The molecule has 0 aliphatic carbocycles. The summed E-state index contributed by atoms with van der Waals surface area (Å²) in [7, 11) is 0. The molecule has 2 amide bonds. The molecular weight excluding hydrogens is 368 g/mol. The number of nitrogens with zero attached hydrogens (tertiary/aromatic N) is 4. The van der Waals surface area contributed by atoms with Crippen LogP contribution in [0, 0.1) is 5.41 Å². The highest BCUT2D eigenvalue weighted by Crippen LogP contribution is 2.41. The first-order valence-corrected chi connectivity index (χ1v) is 9.95. The normalized spacial score (nSPS) is 26.3. The summed E-state index contributed by atoms with van der Waals surface area (Å²) in [4.78, 5) is 35.9. The van der Waals surface area contributed by atoms with Gasteiger partial charge < -0.3 is 14.5 Å². The highest BCUT2D eigenvalue weighted by Gasteiger charge is 2.51. The second kappa shape index (κ2) is 7.73. The fourth-order valence-electron chi connectivity index (χ4n) is 4.33. The summed E-state index contributed by atoms with van der Waals surface area (Å²) >= 11 is 5.95. The van der Waals surface area contributed by atoms with Crippen molar-refractivity contribution in [2.24, 2.45) is 5.41 Å². The van der Waals surface area contributed by atoms with Crippen LogP contribution >= 0.6 is 11.6 Å². The van der Waals surface area contributed by atoms with Gasteiger partial charge in [-0.1, -0.05) is 11.6 Å². The van der Waals surface area contributed by atoms with E-state index >= 15 is 0 Å². The van der Waals surface area contributed by atoms with Crippen LogP contribution in [-0.4, -0.2) is 90.5 Å². The fourth-order valence-corrected chi connectivity index (χ4v) is 4.50. The highest BCUT2D eigenvalue weighted by atomic mass is 35.5. The molecule has 4 heterocycles. The van der Waals surface area contributed by atoms with Crippen LogP contribution in [0.3, 0.4) is 0 Å². The first-order valence-electron chi connectivity index (χ1n) is 9.57. The Morgan fingerprint density at radius 2 is 1.93 bits per heavy atom. The SMILES string of the molecule is O=C(c1cncc(Cl)c1)N1CCC2(CCN(CCN3CCOCC3)C2=O)C1. The number of aromatic nitrogens is 1. The number of morpholine rings is 1. The maximum Gasteiger partial charge on any atom is 0.255 e. The zero-order valence-electron chi connectivity index (χ0n) is 15.4. The predicted octanol–water partition coefficient (Wildman–Crippen LogP) is 1.13. The Balaban J connectivity index is 1.35. The van der Waals surface area contributed by atoms with Crippen molar-refractivity contribution in [3.63, 3.8) is 0 Å². The van der Waals surface area contributed by atoms with Crippen LogP contribution in [0.15, 0.2) is 18.5 Å². The van der Waals surface area contributed by atoms with Crippen LogP contribution < -0.4 is 0 Å². The Morgan fingerprint density at radius 1 is 1.15 bits per heavy atom. The molecule has 3 aliphatic heterocycles. The lowest BCUT2D eigenvalue weighted by Crippen LogP contribution is -2.43. The third-order valence-corrected chi connectivity index (χ3v) is 6.19. The first kappa shape index (κ1) is 18.7. The number of carbonyl (C=O) groups is 2. The predicted molar refractivity (Wildman–Crippen MR) is 101 cm³/mol. The summed E-state index contributed by atoms with van der Waals surface area (Å²) in [5, 5.41) is 0.445. The Hall–Kier alpha value is -1.70. The molecule has 0 radical (unpaired) electrons. The number of likely N-dealkylation sites (tertiary alicyclic amines) is 2. The molecule has 4 rings (SSSR count). The molecule has 146 valence electrons. The molecule has 0 bridgehead atoms. The van der Waals surface area contributed by atoms with Crippen molar-refractivity contribution in [2.45, 2.75) is 12.8 Å². The topological polar surface area (TPSA) is 66.0 Å². The van der Waals surface area contributed by atoms with Gasteiger partial charge in [0.25, 0.3) is 5.91 Å². The van der Waals surface area contributed by atoms with Crippen LogP contribution in [-0.2, 0) is 9.53 Å². The zero-order valence-corrected chi connectivity index (χ0v) is 16.2. The largest absolute Gasteiger partial charge is 0.379 e. The van der Waals surface area contributed by atoms with Gasteiger partial charge in [0.2, 0.25) is 5.91 Å². The third kappa shape index (κ3) is 3.81. The first-order chi connectivity index (χ1) is 13.1. The van der Waals surface area contributed by atoms with Crippen LogP contribution in [0.5, 0.6) is 0 Å². The summed E-state index contributed by atoms with van der Waals surface area (Å²) in [6, 6.07) is 1.63. The van der Waals surface area contributed by atoms with Crippen molar-refractivity contribution in [1.29, 1.82) is 0 Å². The number of pyridine rings is 1. The van der Waals surface area contributed by atoms with Crippen molar-refractivity contribution in [2.75, 3.05) is 59.0 Å². The van der Waals surface area contributed by atoms with Crippen molar-refractivity contribution < 1.29 is 14.3 Å². The van der Waals surface area contributed by atoms with E-state index in [4.69, 9.17) is 16.3 Å². The van der Waals surface area contributed by atoms with E-state index in [1.807, 2.05) is 4.90 Å². The minimum Gasteiger partial charge on any atom is -0.379 e. The molecule has 0 aromatic carbocycles. The minimum atomic E-state index is -0.410. The van der Waals surface area contributed by atoms with E-state index in [0.29, 0.717) is 23.7 Å². The molecule has 3 fully saturated rings. The molecule has 1 atom stereocenters. The molecule has 27 heavy (non-hydrogen) atoms. The molecule has 1 aromatic rings. The number of ether oxygens (including phenoxy) is 1. The van der Waals surface area contributed by atoms with Gasteiger partial charge in [0.15, 0.2) is 0 Å². The molecule has 3 saturated heterocycles. The highest BCUT2D eigenvalue weighted by molar-refractivity contribution is 6.30. The Bertz CT molecular complexity index is 725. The van der Waals surface area contributed by atoms with Gasteiger partial charge in [-0.05, 0) is 18.9 Å². The summed E-state index contributed by atoms with van der Waals surface area (Å²) < 4.78 is 5.37. The molecule has 1 spiro atoms. The fraction of sp³-hybridized carbons (Fsp3) is 0.632. The average Bonchev–Trinajstić information content (AvgIpc) is 3.26. The van der Waals surface area contributed by atoms with E-state index in [1.165, 1.54) is 12.4 Å². The summed E-state index contributed by atoms with van der Waals surface area (Å²) in [5.41, 5.74) is 0.0707. The molecule has 3 aliphatic rings. The Kier molecular flexibility index (Phi) is 5.34. The molecule has 1 unspecified atom stereocenters. The maximum absolute atomic E-state index is 13.1. The lowest BCUT2D eigenvalue weighted by molar-refractivity contribution is -0.135. The van der Waals surface area contributed by atoms with E-state index in [-0.39, 0.29) is 11.8 Å². The van der Waals surface area contributed by atoms with Crippen LogP contribution in [0.25, 0.3) is 0 Å². The Morgan fingerprint density at radius 3 is 2.70 bits per heavy atom. The monoisotopic (exact) mass is 392 g/mol. The van der Waals surface area contributed by atoms with Crippen molar-refractivity contribution in [1.82, 2.24) is 19.7 Å². The summed E-state index contributed by atoms with van der Waals surface area (Å²) in [6.07, 6.45) is 4.60. The minimum absolute atomic E-state index is 0.0959. The molecular formula is C19H25ClN4O3. The number of amides is 2.